The maximum atomic E-state index is 12.4. The molecule has 0 atom stereocenters. The van der Waals surface area contributed by atoms with E-state index in [0.29, 0.717) is 24.3 Å². The van der Waals surface area contributed by atoms with Crippen molar-refractivity contribution in [1.29, 1.82) is 0 Å². The molecule has 6 nitrogen and oxygen atoms in total. The largest absolute Gasteiger partial charge is 0.497 e. The number of nitrogens with zero attached hydrogens (tertiary/aromatic N) is 2. The summed E-state index contributed by atoms with van der Waals surface area (Å²) in [6.45, 7) is 3.76. The van der Waals surface area contributed by atoms with Gasteiger partial charge in [0.2, 0.25) is 5.91 Å². The Balaban J connectivity index is 1.91. The average Bonchev–Trinajstić information content (AvgIpc) is 2.68. The Morgan fingerprint density at radius 1 is 1.00 bits per heavy atom. The molecule has 0 spiro atoms. The van der Waals surface area contributed by atoms with Crippen LogP contribution in [0, 0.1) is 0 Å². The first-order valence-electron chi connectivity index (χ1n) is 8.89. The van der Waals surface area contributed by atoms with Crippen molar-refractivity contribution in [1.82, 2.24) is 9.80 Å². The lowest BCUT2D eigenvalue weighted by molar-refractivity contribution is -0.117. The first-order chi connectivity index (χ1) is 12.9. The summed E-state index contributed by atoms with van der Waals surface area (Å²) in [4.78, 5) is 27.8. The number of benzene rings is 2. The number of anilines is 1. The lowest BCUT2D eigenvalue weighted by atomic mass is 10.2. The molecule has 0 bridgehead atoms. The molecule has 0 heterocycles. The minimum atomic E-state index is -0.0861. The van der Waals surface area contributed by atoms with Crippen LogP contribution in [0.3, 0.4) is 0 Å². The number of amides is 2. The van der Waals surface area contributed by atoms with Gasteiger partial charge in [-0.3, -0.25) is 14.5 Å². The highest BCUT2D eigenvalue weighted by Crippen LogP contribution is 2.14. The minimum Gasteiger partial charge on any atom is -0.497 e. The number of ether oxygens (including phenoxy) is 1. The van der Waals surface area contributed by atoms with E-state index >= 15 is 0 Å². The summed E-state index contributed by atoms with van der Waals surface area (Å²) < 4.78 is 5.17. The smallest absolute Gasteiger partial charge is 0.253 e. The highest BCUT2D eigenvalue weighted by Gasteiger charge is 2.11. The number of rotatable bonds is 8. The van der Waals surface area contributed by atoms with Crippen molar-refractivity contribution in [2.45, 2.75) is 13.5 Å². The Morgan fingerprint density at radius 2 is 1.63 bits per heavy atom. The topological polar surface area (TPSA) is 61.9 Å². The zero-order valence-corrected chi connectivity index (χ0v) is 16.4. The van der Waals surface area contributed by atoms with Crippen LogP contribution < -0.4 is 10.1 Å². The van der Waals surface area contributed by atoms with Crippen molar-refractivity contribution in [3.05, 3.63) is 59.7 Å². The van der Waals surface area contributed by atoms with Crippen LogP contribution in [0.1, 0.15) is 22.8 Å². The Morgan fingerprint density at radius 3 is 2.15 bits per heavy atom. The quantitative estimate of drug-likeness (QED) is 0.777. The van der Waals surface area contributed by atoms with Gasteiger partial charge in [-0.25, -0.2) is 0 Å². The van der Waals surface area contributed by atoms with E-state index in [0.717, 1.165) is 17.9 Å². The van der Waals surface area contributed by atoms with Crippen LogP contribution in [0.15, 0.2) is 48.5 Å². The maximum Gasteiger partial charge on any atom is 0.253 e. The zero-order valence-electron chi connectivity index (χ0n) is 16.4. The summed E-state index contributed by atoms with van der Waals surface area (Å²) in [5.74, 6) is 0.664. The standard InChI is InChI=1S/C21H27N3O3/c1-5-24(14-16-6-12-19(27-4)13-7-16)15-20(25)22-18-10-8-17(9-11-18)21(26)23(2)3/h6-13H,5,14-15H2,1-4H3,(H,22,25). The SMILES string of the molecule is CCN(CC(=O)Nc1ccc(C(=O)N(C)C)cc1)Cc1ccc(OC)cc1. The zero-order chi connectivity index (χ0) is 19.8. The van der Waals surface area contributed by atoms with Gasteiger partial charge in [-0.15, -0.1) is 0 Å². The Hall–Kier alpha value is -2.86. The Kier molecular flexibility index (Phi) is 7.37. The molecule has 6 heteroatoms. The van der Waals surface area contributed by atoms with Gasteiger partial charge in [-0.05, 0) is 48.5 Å². The number of carbonyl (C=O) groups excluding carboxylic acids is 2. The molecular formula is C21H27N3O3. The lowest BCUT2D eigenvalue weighted by Gasteiger charge is -2.20. The Labute approximate surface area is 160 Å². The second-order valence-corrected chi connectivity index (χ2v) is 6.48. The van der Waals surface area contributed by atoms with E-state index in [1.807, 2.05) is 31.2 Å². The number of likely N-dealkylation sites (N-methyl/N-ethyl adjacent to an activating group) is 1. The monoisotopic (exact) mass is 369 g/mol. The number of methoxy groups -OCH3 is 1. The molecule has 2 amide bonds. The molecule has 0 radical (unpaired) electrons. The van der Waals surface area contributed by atoms with Crippen molar-refractivity contribution in [3.8, 4) is 5.75 Å². The fourth-order valence-corrected chi connectivity index (χ4v) is 2.63. The molecule has 0 aliphatic heterocycles. The molecule has 2 rings (SSSR count). The second-order valence-electron chi connectivity index (χ2n) is 6.48. The van der Waals surface area contributed by atoms with Crippen LogP contribution in [0.4, 0.5) is 5.69 Å². The molecule has 1 N–H and O–H groups in total. The van der Waals surface area contributed by atoms with Crippen molar-refractivity contribution in [2.75, 3.05) is 39.6 Å². The first kappa shape index (κ1) is 20.5. The minimum absolute atomic E-state index is 0.0653. The van der Waals surface area contributed by atoms with Gasteiger partial charge in [-0.1, -0.05) is 19.1 Å². The fraction of sp³-hybridized carbons (Fsp3) is 0.333. The number of carbonyl (C=O) groups is 2. The lowest BCUT2D eigenvalue weighted by Crippen LogP contribution is -2.32. The van der Waals surface area contributed by atoms with Crippen molar-refractivity contribution < 1.29 is 14.3 Å². The molecule has 0 saturated heterocycles. The van der Waals surface area contributed by atoms with Crippen LogP contribution in [-0.4, -0.2) is 55.9 Å². The Bertz CT molecular complexity index is 755. The summed E-state index contributed by atoms with van der Waals surface area (Å²) >= 11 is 0. The van der Waals surface area contributed by atoms with Crippen LogP contribution in [0.2, 0.25) is 0 Å². The molecular weight excluding hydrogens is 342 g/mol. The molecule has 27 heavy (non-hydrogen) atoms. The number of nitrogens with one attached hydrogen (secondary N) is 1. The number of hydrogen-bond donors (Lipinski definition) is 1. The molecule has 0 unspecified atom stereocenters. The van der Waals surface area contributed by atoms with Crippen molar-refractivity contribution in [3.63, 3.8) is 0 Å². The fourth-order valence-electron chi connectivity index (χ4n) is 2.63. The normalized spacial score (nSPS) is 10.6. The van der Waals surface area contributed by atoms with E-state index in [1.54, 1.807) is 45.5 Å². The summed E-state index contributed by atoms with van der Waals surface area (Å²) in [7, 11) is 5.06. The number of hydrogen-bond acceptors (Lipinski definition) is 4. The molecule has 0 aliphatic carbocycles. The summed E-state index contributed by atoms with van der Waals surface area (Å²) in [6, 6.07) is 14.8. The van der Waals surface area contributed by atoms with Gasteiger partial charge in [0.15, 0.2) is 0 Å². The summed E-state index contributed by atoms with van der Waals surface area (Å²) in [5.41, 5.74) is 2.39. The molecule has 144 valence electrons. The van der Waals surface area contributed by atoms with E-state index in [4.69, 9.17) is 4.74 Å². The molecule has 0 saturated carbocycles. The molecule has 2 aromatic rings. The first-order valence-corrected chi connectivity index (χ1v) is 8.89. The highest BCUT2D eigenvalue weighted by atomic mass is 16.5. The van der Waals surface area contributed by atoms with E-state index in [9.17, 15) is 9.59 Å². The molecule has 0 fully saturated rings. The van der Waals surface area contributed by atoms with Crippen molar-refractivity contribution in [2.24, 2.45) is 0 Å². The van der Waals surface area contributed by atoms with Crippen LogP contribution in [-0.2, 0) is 11.3 Å². The van der Waals surface area contributed by atoms with Crippen LogP contribution in [0.5, 0.6) is 5.75 Å². The maximum absolute atomic E-state index is 12.4. The third-order valence-corrected chi connectivity index (χ3v) is 4.20. The van der Waals surface area contributed by atoms with E-state index < -0.39 is 0 Å². The average molecular weight is 369 g/mol. The summed E-state index contributed by atoms with van der Waals surface area (Å²) in [6.07, 6.45) is 0. The van der Waals surface area contributed by atoms with Gasteiger partial charge >= 0.3 is 0 Å². The van der Waals surface area contributed by atoms with E-state index in [2.05, 4.69) is 10.2 Å². The third kappa shape index (κ3) is 6.11. The van der Waals surface area contributed by atoms with Gasteiger partial charge in [0.1, 0.15) is 5.75 Å². The van der Waals surface area contributed by atoms with Gasteiger partial charge in [0.05, 0.1) is 13.7 Å². The van der Waals surface area contributed by atoms with Gasteiger partial charge in [0.25, 0.3) is 5.91 Å². The van der Waals surface area contributed by atoms with Crippen molar-refractivity contribution >= 4 is 17.5 Å². The van der Waals surface area contributed by atoms with Crippen LogP contribution >= 0.6 is 0 Å². The van der Waals surface area contributed by atoms with Gasteiger partial charge < -0.3 is 15.0 Å². The van der Waals surface area contributed by atoms with E-state index in [1.165, 1.54) is 4.90 Å². The predicted octanol–water partition coefficient (Wildman–Crippen LogP) is 2.86. The predicted molar refractivity (Wildman–Crippen MR) is 107 cm³/mol. The summed E-state index contributed by atoms with van der Waals surface area (Å²) in [5, 5.41) is 2.88. The van der Waals surface area contributed by atoms with Gasteiger partial charge in [-0.2, -0.15) is 0 Å². The second kappa shape index (κ2) is 9.73. The highest BCUT2D eigenvalue weighted by molar-refractivity contribution is 5.96. The van der Waals surface area contributed by atoms with Gasteiger partial charge in [0, 0.05) is 31.9 Å². The molecule has 2 aromatic carbocycles. The van der Waals surface area contributed by atoms with Crippen LogP contribution in [0.25, 0.3) is 0 Å². The molecule has 0 aliphatic rings. The molecule has 0 aromatic heterocycles. The third-order valence-electron chi connectivity index (χ3n) is 4.20. The van der Waals surface area contributed by atoms with E-state index in [-0.39, 0.29) is 11.8 Å².